The van der Waals surface area contributed by atoms with E-state index in [4.69, 9.17) is 16.3 Å². The van der Waals surface area contributed by atoms with Gasteiger partial charge < -0.3 is 19.8 Å². The quantitative estimate of drug-likeness (QED) is 0.671. The topological polar surface area (TPSA) is 111 Å². The number of nitriles is 1. The van der Waals surface area contributed by atoms with E-state index in [-0.39, 0.29) is 46.4 Å². The molecular weight excluding hydrogens is 408 g/mol. The highest BCUT2D eigenvalue weighted by molar-refractivity contribution is 6.33. The fourth-order valence-corrected chi connectivity index (χ4v) is 4.87. The number of methoxy groups -OCH3 is 1. The molecule has 1 aromatic carbocycles. The van der Waals surface area contributed by atoms with E-state index in [0.717, 1.165) is 0 Å². The van der Waals surface area contributed by atoms with Crippen LogP contribution in [-0.4, -0.2) is 46.8 Å². The predicted octanol–water partition coefficient (Wildman–Crippen LogP) is 3.93. The first kappa shape index (κ1) is 23.5. The van der Waals surface area contributed by atoms with Crippen LogP contribution < -0.4 is 0 Å². The lowest BCUT2D eigenvalue weighted by atomic mass is 9.63. The van der Waals surface area contributed by atoms with Crippen LogP contribution in [0.3, 0.4) is 0 Å². The summed E-state index contributed by atoms with van der Waals surface area (Å²) in [6, 6.07) is 6.48. The van der Waals surface area contributed by atoms with Crippen LogP contribution in [0.2, 0.25) is 5.02 Å². The molecule has 2 rings (SSSR count). The third-order valence-electron chi connectivity index (χ3n) is 5.50. The van der Waals surface area contributed by atoms with Gasteiger partial charge in [0.15, 0.2) is 0 Å². The van der Waals surface area contributed by atoms with Crippen LogP contribution in [0.4, 0.5) is 0 Å². The van der Waals surface area contributed by atoms with Crippen molar-refractivity contribution in [3.63, 3.8) is 0 Å². The minimum absolute atomic E-state index is 0.0297. The molecule has 30 heavy (non-hydrogen) atoms. The minimum Gasteiger partial charge on any atom is -0.478 e. The Hall–Kier alpha value is -2.82. The number of carboxylic acid groups (broad SMARTS) is 2. The van der Waals surface area contributed by atoms with E-state index in [1.165, 1.54) is 13.2 Å². The van der Waals surface area contributed by atoms with Gasteiger partial charge in [-0.2, -0.15) is 5.26 Å². The van der Waals surface area contributed by atoms with E-state index in [0.29, 0.717) is 11.4 Å². The maximum Gasteiger partial charge on any atom is 0.334 e. The average Bonchev–Trinajstić information content (AvgIpc) is 2.65. The molecule has 0 aliphatic carbocycles. The van der Waals surface area contributed by atoms with Gasteiger partial charge in [0, 0.05) is 31.2 Å². The molecule has 0 atom stereocenters. The number of carboxylic acids is 2. The first-order valence-corrected chi connectivity index (χ1v) is 9.80. The van der Waals surface area contributed by atoms with E-state index in [9.17, 15) is 25.1 Å². The van der Waals surface area contributed by atoms with Gasteiger partial charge >= 0.3 is 11.9 Å². The van der Waals surface area contributed by atoms with Crippen molar-refractivity contribution in [3.05, 3.63) is 56.9 Å². The number of aliphatic carboxylic acids is 2. The highest BCUT2D eigenvalue weighted by Gasteiger charge is 2.53. The number of allylic oxidation sites excluding steroid dienone is 2. The molecule has 7 nitrogen and oxygen atoms in total. The zero-order chi connectivity index (χ0) is 22.8. The number of nitrogens with zero attached hydrogens (tertiary/aromatic N) is 2. The van der Waals surface area contributed by atoms with Gasteiger partial charge in [-0.1, -0.05) is 23.7 Å². The molecule has 0 unspecified atom stereocenters. The molecule has 1 aromatic rings. The smallest absolute Gasteiger partial charge is 0.334 e. The largest absolute Gasteiger partial charge is 0.478 e. The van der Waals surface area contributed by atoms with Crippen molar-refractivity contribution in [2.45, 2.75) is 45.6 Å². The molecule has 0 aromatic heterocycles. The lowest BCUT2D eigenvalue weighted by Crippen LogP contribution is -2.48. The van der Waals surface area contributed by atoms with Gasteiger partial charge in [-0.3, -0.25) is 0 Å². The second-order valence-electron chi connectivity index (χ2n) is 7.42. The Balaban J connectivity index is 3.12. The minimum atomic E-state index is -1.60. The van der Waals surface area contributed by atoms with Crippen molar-refractivity contribution in [3.8, 4) is 6.07 Å². The van der Waals surface area contributed by atoms with E-state index >= 15 is 0 Å². The van der Waals surface area contributed by atoms with Gasteiger partial charge in [0.2, 0.25) is 0 Å². The Morgan fingerprint density at radius 3 is 2.13 bits per heavy atom. The van der Waals surface area contributed by atoms with Crippen LogP contribution in [0.25, 0.3) is 0 Å². The molecule has 0 amide bonds. The number of hydrogen-bond donors (Lipinski definition) is 2. The fraction of sp³-hybridized carbons (Fsp3) is 0.409. The molecule has 0 spiro atoms. The summed E-state index contributed by atoms with van der Waals surface area (Å²) in [7, 11) is 1.46. The monoisotopic (exact) mass is 432 g/mol. The number of halogens is 1. The molecule has 1 aliphatic rings. The number of ether oxygens (including phenoxy) is 1. The van der Waals surface area contributed by atoms with Gasteiger partial charge in [-0.05, 0) is 45.7 Å². The van der Waals surface area contributed by atoms with Crippen molar-refractivity contribution in [2.75, 3.05) is 13.7 Å². The molecule has 8 heteroatoms. The molecule has 0 radical (unpaired) electrons. The van der Waals surface area contributed by atoms with E-state index in [2.05, 4.69) is 0 Å². The molecule has 0 saturated heterocycles. The first-order valence-electron chi connectivity index (χ1n) is 9.42. The van der Waals surface area contributed by atoms with Crippen LogP contribution in [0.5, 0.6) is 0 Å². The molecule has 0 bridgehead atoms. The van der Waals surface area contributed by atoms with Crippen LogP contribution in [0.15, 0.2) is 40.7 Å². The summed E-state index contributed by atoms with van der Waals surface area (Å²) in [5, 5.41) is 30.0. The van der Waals surface area contributed by atoms with Crippen molar-refractivity contribution in [1.29, 1.82) is 5.26 Å². The van der Waals surface area contributed by atoms with E-state index in [1.807, 2.05) is 19.9 Å². The average molecular weight is 433 g/mol. The Morgan fingerprint density at radius 1 is 1.20 bits per heavy atom. The summed E-state index contributed by atoms with van der Waals surface area (Å²) >= 11 is 6.54. The molecule has 2 N–H and O–H groups in total. The normalized spacial score (nSPS) is 16.1. The number of benzene rings is 1. The maximum absolute atomic E-state index is 12.6. The zero-order valence-corrected chi connectivity index (χ0v) is 18.4. The van der Waals surface area contributed by atoms with Gasteiger partial charge in [0.05, 0.1) is 27.1 Å². The van der Waals surface area contributed by atoms with E-state index in [1.54, 1.807) is 30.9 Å². The second-order valence-corrected chi connectivity index (χ2v) is 7.80. The Bertz CT molecular complexity index is 950. The molecule has 1 aliphatic heterocycles. The van der Waals surface area contributed by atoms with Gasteiger partial charge in [0.25, 0.3) is 0 Å². The lowest BCUT2D eigenvalue weighted by Gasteiger charge is -2.46. The van der Waals surface area contributed by atoms with E-state index < -0.39 is 17.4 Å². The first-order chi connectivity index (χ1) is 14.1. The molecule has 160 valence electrons. The van der Waals surface area contributed by atoms with Crippen molar-refractivity contribution < 1.29 is 24.5 Å². The molecule has 0 saturated carbocycles. The SMILES string of the molecule is COCCC1(c2cccc(C#N)c2Cl)C(C(=O)O)=C(C)N(C(C)C)C(C)=C1C(=O)O. The molecular formula is C22H25ClN2O5. The lowest BCUT2D eigenvalue weighted by molar-refractivity contribution is -0.134. The van der Waals surface area contributed by atoms with Gasteiger partial charge in [-0.15, -0.1) is 0 Å². The van der Waals surface area contributed by atoms with Crippen molar-refractivity contribution in [1.82, 2.24) is 4.90 Å². The number of rotatable bonds is 7. The number of hydrogen-bond acceptors (Lipinski definition) is 5. The standard InChI is InChI=1S/C22H25ClN2O5/c1-12(2)25-13(3)17(20(26)27)22(9-10-30-5,18(14(25)4)21(28)29)16-8-6-7-15(11-24)19(16)23/h6-8,12H,9-10H2,1-5H3,(H,26,27)(H,28,29). The van der Waals surface area contributed by atoms with Crippen LogP contribution in [0, 0.1) is 11.3 Å². The summed E-state index contributed by atoms with van der Waals surface area (Å²) in [4.78, 5) is 26.9. The predicted molar refractivity (Wildman–Crippen MR) is 112 cm³/mol. The Labute approximate surface area is 180 Å². The van der Waals surface area contributed by atoms with Crippen molar-refractivity contribution in [2.24, 2.45) is 0 Å². The van der Waals surface area contributed by atoms with Crippen LogP contribution in [-0.2, 0) is 19.7 Å². The zero-order valence-electron chi connectivity index (χ0n) is 17.6. The maximum atomic E-state index is 12.6. The highest BCUT2D eigenvalue weighted by Crippen LogP contribution is 2.52. The summed E-state index contributed by atoms with van der Waals surface area (Å²) in [6.07, 6.45) is 0.0297. The fourth-order valence-electron chi connectivity index (χ4n) is 4.54. The second kappa shape index (κ2) is 8.90. The third kappa shape index (κ3) is 3.57. The summed E-state index contributed by atoms with van der Waals surface area (Å²) in [6.45, 7) is 7.13. The third-order valence-corrected chi connectivity index (χ3v) is 5.91. The highest BCUT2D eigenvalue weighted by atomic mass is 35.5. The molecule has 0 fully saturated rings. The summed E-state index contributed by atoms with van der Waals surface area (Å²) < 4.78 is 5.24. The number of carbonyl (C=O) groups is 2. The van der Waals surface area contributed by atoms with Crippen molar-refractivity contribution >= 4 is 23.5 Å². The van der Waals surface area contributed by atoms with Gasteiger partial charge in [0.1, 0.15) is 6.07 Å². The van der Waals surface area contributed by atoms with Crippen LogP contribution >= 0.6 is 11.6 Å². The summed E-state index contributed by atoms with van der Waals surface area (Å²) in [5.41, 5.74) is -0.526. The Morgan fingerprint density at radius 2 is 1.73 bits per heavy atom. The Kier molecular flexibility index (Phi) is 6.96. The summed E-state index contributed by atoms with van der Waals surface area (Å²) in [5.74, 6) is -2.50. The van der Waals surface area contributed by atoms with Gasteiger partial charge in [-0.25, -0.2) is 9.59 Å². The van der Waals surface area contributed by atoms with Crippen LogP contribution in [0.1, 0.15) is 45.2 Å². The molecule has 1 heterocycles.